The van der Waals surface area contributed by atoms with E-state index < -0.39 is 0 Å². The van der Waals surface area contributed by atoms with Crippen LogP contribution in [0.3, 0.4) is 0 Å². The van der Waals surface area contributed by atoms with E-state index in [0.29, 0.717) is 19.8 Å². The van der Waals surface area contributed by atoms with Crippen molar-refractivity contribution in [2.24, 2.45) is 4.99 Å². The molecule has 6 heteroatoms. The first-order valence-electron chi connectivity index (χ1n) is 8.67. The number of hydrogen-bond acceptors (Lipinski definition) is 5. The van der Waals surface area contributed by atoms with Crippen LogP contribution in [0.4, 0.5) is 0 Å². The van der Waals surface area contributed by atoms with Crippen molar-refractivity contribution in [3.8, 4) is 11.5 Å². The molecule has 2 aromatic rings. The van der Waals surface area contributed by atoms with Crippen LogP contribution in [0.1, 0.15) is 18.5 Å². The lowest BCUT2D eigenvalue weighted by Gasteiger charge is -2.26. The van der Waals surface area contributed by atoms with Gasteiger partial charge < -0.3 is 19.5 Å². The minimum atomic E-state index is -0.235. The Balaban J connectivity index is 1.31. The van der Waals surface area contributed by atoms with Crippen LogP contribution in [0.15, 0.2) is 59.6 Å². The molecule has 2 aromatic carbocycles. The van der Waals surface area contributed by atoms with E-state index in [9.17, 15) is 0 Å². The molecule has 1 unspecified atom stereocenters. The molecule has 1 N–H and O–H groups in total. The van der Waals surface area contributed by atoms with Crippen LogP contribution in [-0.2, 0) is 4.74 Å². The summed E-state index contributed by atoms with van der Waals surface area (Å²) in [7, 11) is 0. The largest absolute Gasteiger partial charge is 0.486 e. The number of ether oxygens (including phenoxy) is 3. The monoisotopic (exact) mass is 464 g/mol. The van der Waals surface area contributed by atoms with Crippen LogP contribution < -0.4 is 14.8 Å². The Kier molecular flexibility index (Phi) is 5.04. The van der Waals surface area contributed by atoms with E-state index in [1.54, 1.807) is 0 Å². The average molecular weight is 464 g/mol. The number of nitrogens with one attached hydrogen (secondary N) is 1. The molecule has 0 amide bonds. The van der Waals surface area contributed by atoms with Gasteiger partial charge in [-0.1, -0.05) is 65.1 Å². The second-order valence-corrected chi connectivity index (χ2v) is 8.77. The highest BCUT2D eigenvalue weighted by Crippen LogP contribution is 2.39. The summed E-state index contributed by atoms with van der Waals surface area (Å²) in [6, 6.07) is 18.2. The van der Waals surface area contributed by atoms with Gasteiger partial charge in [-0.3, -0.25) is 4.99 Å². The van der Waals surface area contributed by atoms with Crippen molar-refractivity contribution in [1.82, 2.24) is 5.32 Å². The molecule has 0 bridgehead atoms. The number of para-hydroxylation sites is 2. The van der Waals surface area contributed by atoms with Crippen LogP contribution in [-0.4, -0.2) is 35.3 Å². The molecule has 0 aliphatic carbocycles. The maximum atomic E-state index is 5.92. The molecule has 4 rings (SSSR count). The van der Waals surface area contributed by atoms with Gasteiger partial charge in [-0.05, 0) is 24.6 Å². The van der Waals surface area contributed by atoms with Gasteiger partial charge in [-0.15, -0.1) is 0 Å². The molecule has 0 spiro atoms. The lowest BCUT2D eigenvalue weighted by atomic mass is 10.0. The van der Waals surface area contributed by atoms with Crippen molar-refractivity contribution in [2.75, 3.05) is 19.8 Å². The Labute approximate surface area is 166 Å². The average Bonchev–Trinajstić information content (AvgIpc) is 2.96. The summed E-state index contributed by atoms with van der Waals surface area (Å²) < 4.78 is 17.2. The number of nitrogens with zero attached hydrogens (tertiary/aromatic N) is 1. The number of rotatable bonds is 5. The number of aliphatic imine (C=N–C) groups is 1. The van der Waals surface area contributed by atoms with Crippen molar-refractivity contribution in [2.45, 2.75) is 22.6 Å². The van der Waals surface area contributed by atoms with Gasteiger partial charge in [0, 0.05) is 0 Å². The molecule has 136 valence electrons. The normalized spacial score (nSPS) is 26.9. The Bertz CT molecular complexity index is 795. The molecule has 3 atom stereocenters. The lowest BCUT2D eigenvalue weighted by molar-refractivity contribution is 0.0195. The second kappa shape index (κ2) is 7.44. The summed E-state index contributed by atoms with van der Waals surface area (Å²) in [4.78, 5) is 4.79. The van der Waals surface area contributed by atoms with Crippen molar-refractivity contribution >= 4 is 28.4 Å². The van der Waals surface area contributed by atoms with E-state index in [2.05, 4.69) is 59.1 Å². The SMILES string of the molecule is C[C@@]1(I)N=C(COCC2COc3ccccc3O2)N[C@@H]1c1ccccc1. The molecule has 0 fully saturated rings. The molecule has 26 heavy (non-hydrogen) atoms. The highest BCUT2D eigenvalue weighted by molar-refractivity contribution is 14.1. The molecular weight excluding hydrogens is 443 g/mol. The van der Waals surface area contributed by atoms with Gasteiger partial charge in [-0.2, -0.15) is 0 Å². The lowest BCUT2D eigenvalue weighted by Crippen LogP contribution is -2.35. The van der Waals surface area contributed by atoms with Crippen molar-refractivity contribution in [3.05, 3.63) is 60.2 Å². The fraction of sp³-hybridized carbons (Fsp3) is 0.350. The zero-order valence-electron chi connectivity index (χ0n) is 14.5. The van der Waals surface area contributed by atoms with Gasteiger partial charge in [0.25, 0.3) is 0 Å². The first kappa shape index (κ1) is 17.6. The Morgan fingerprint density at radius 2 is 1.88 bits per heavy atom. The molecule has 2 aliphatic heterocycles. The number of benzene rings is 2. The number of halogens is 1. The topological polar surface area (TPSA) is 52.1 Å². The summed E-state index contributed by atoms with van der Waals surface area (Å²) in [5.41, 5.74) is 1.23. The number of fused-ring (bicyclic) bond motifs is 1. The second-order valence-electron chi connectivity index (χ2n) is 6.58. The van der Waals surface area contributed by atoms with Gasteiger partial charge in [0.15, 0.2) is 17.6 Å². The highest BCUT2D eigenvalue weighted by Gasteiger charge is 2.38. The van der Waals surface area contributed by atoms with Gasteiger partial charge >= 0.3 is 0 Å². The zero-order valence-corrected chi connectivity index (χ0v) is 16.7. The summed E-state index contributed by atoms with van der Waals surface area (Å²) in [5.74, 6) is 2.43. The predicted molar refractivity (Wildman–Crippen MR) is 109 cm³/mol. The van der Waals surface area contributed by atoms with Crippen molar-refractivity contribution < 1.29 is 14.2 Å². The van der Waals surface area contributed by atoms with E-state index >= 15 is 0 Å². The third-order valence-electron chi connectivity index (χ3n) is 4.43. The summed E-state index contributed by atoms with van der Waals surface area (Å²) in [6.07, 6.45) is -0.109. The smallest absolute Gasteiger partial charge is 0.161 e. The molecule has 2 heterocycles. The maximum Gasteiger partial charge on any atom is 0.161 e. The molecule has 0 radical (unpaired) electrons. The van der Waals surface area contributed by atoms with E-state index in [4.69, 9.17) is 19.2 Å². The molecule has 2 aliphatic rings. The van der Waals surface area contributed by atoms with E-state index in [-0.39, 0.29) is 15.7 Å². The zero-order chi connectivity index (χ0) is 18.0. The van der Waals surface area contributed by atoms with Gasteiger partial charge in [0.1, 0.15) is 22.6 Å². The first-order valence-corrected chi connectivity index (χ1v) is 9.75. The maximum absolute atomic E-state index is 5.92. The summed E-state index contributed by atoms with van der Waals surface area (Å²) >= 11 is 2.39. The van der Waals surface area contributed by atoms with Crippen LogP contribution >= 0.6 is 22.6 Å². The fourth-order valence-corrected chi connectivity index (χ4v) is 4.00. The van der Waals surface area contributed by atoms with Gasteiger partial charge in [-0.25, -0.2) is 0 Å². The molecule has 0 aromatic heterocycles. The standard InChI is InChI=1S/C20H21IN2O3/c1-20(21)19(14-7-3-2-4-8-14)22-18(23-20)13-24-11-15-12-25-16-9-5-6-10-17(16)26-15/h2-10,15,19H,11-13H2,1H3,(H,22,23)/t15?,19-,20-/m1/s1. The number of hydrogen-bond donors (Lipinski definition) is 1. The van der Waals surface area contributed by atoms with Crippen molar-refractivity contribution in [3.63, 3.8) is 0 Å². The number of amidine groups is 1. The first-order chi connectivity index (χ1) is 12.6. The van der Waals surface area contributed by atoms with E-state index in [0.717, 1.165) is 17.3 Å². The van der Waals surface area contributed by atoms with E-state index in [1.807, 2.05) is 30.3 Å². The Morgan fingerprint density at radius 3 is 2.69 bits per heavy atom. The Morgan fingerprint density at radius 1 is 1.15 bits per heavy atom. The molecule has 5 nitrogen and oxygen atoms in total. The summed E-state index contributed by atoms with van der Waals surface area (Å²) in [5, 5.41) is 3.50. The molecular formula is C20H21IN2O3. The van der Waals surface area contributed by atoms with Gasteiger partial charge in [0.05, 0.1) is 12.6 Å². The minimum Gasteiger partial charge on any atom is -0.486 e. The van der Waals surface area contributed by atoms with Crippen LogP contribution in [0.5, 0.6) is 11.5 Å². The van der Waals surface area contributed by atoms with Crippen LogP contribution in [0.2, 0.25) is 0 Å². The highest BCUT2D eigenvalue weighted by atomic mass is 127. The minimum absolute atomic E-state index is 0.109. The molecule has 0 saturated carbocycles. The van der Waals surface area contributed by atoms with Crippen molar-refractivity contribution in [1.29, 1.82) is 0 Å². The third-order valence-corrected chi connectivity index (χ3v) is 5.30. The molecule has 0 saturated heterocycles. The van der Waals surface area contributed by atoms with Crippen LogP contribution in [0, 0.1) is 0 Å². The van der Waals surface area contributed by atoms with E-state index in [1.165, 1.54) is 5.56 Å². The fourth-order valence-electron chi connectivity index (χ4n) is 3.20. The predicted octanol–water partition coefficient (Wildman–Crippen LogP) is 3.74. The number of alkyl halides is 1. The quantitative estimate of drug-likeness (QED) is 0.416. The third kappa shape index (κ3) is 3.81. The Hall–Kier alpha value is -1.80. The van der Waals surface area contributed by atoms with Gasteiger partial charge in [0.2, 0.25) is 0 Å². The van der Waals surface area contributed by atoms with Crippen LogP contribution in [0.25, 0.3) is 0 Å². The summed E-state index contributed by atoms with van der Waals surface area (Å²) in [6.45, 7) is 3.51.